The normalized spacial score (nSPS) is 10.6. The number of pyridine rings is 1. The number of ether oxygens (including phenoxy) is 1. The zero-order chi connectivity index (χ0) is 18.7. The zero-order valence-electron chi connectivity index (χ0n) is 13.4. The van der Waals surface area contributed by atoms with Crippen LogP contribution >= 0.6 is 23.2 Å². The molecule has 2 aromatic carbocycles. The maximum absolute atomic E-state index is 14.5. The van der Waals surface area contributed by atoms with Crippen molar-refractivity contribution in [3.05, 3.63) is 81.7 Å². The van der Waals surface area contributed by atoms with Crippen molar-refractivity contribution in [1.82, 2.24) is 4.98 Å². The van der Waals surface area contributed by atoms with Gasteiger partial charge in [-0.15, -0.1) is 0 Å². The van der Waals surface area contributed by atoms with Crippen LogP contribution in [0.5, 0.6) is 0 Å². The van der Waals surface area contributed by atoms with E-state index in [9.17, 15) is 9.18 Å². The number of aromatic nitrogens is 1. The lowest BCUT2D eigenvalue weighted by atomic mass is 10.1. The molecule has 0 fully saturated rings. The lowest BCUT2D eigenvalue weighted by molar-refractivity contribution is 0.0466. The quantitative estimate of drug-likeness (QED) is 0.626. The highest BCUT2D eigenvalue weighted by molar-refractivity contribution is 6.35. The molecule has 0 bridgehead atoms. The fourth-order valence-electron chi connectivity index (χ4n) is 2.29. The highest BCUT2D eigenvalue weighted by Gasteiger charge is 2.23. The highest BCUT2D eigenvalue weighted by Crippen LogP contribution is 2.32. The van der Waals surface area contributed by atoms with E-state index in [1.54, 1.807) is 36.4 Å². The van der Waals surface area contributed by atoms with Crippen LogP contribution < -0.4 is 5.73 Å². The van der Waals surface area contributed by atoms with E-state index in [-0.39, 0.29) is 28.7 Å². The van der Waals surface area contributed by atoms with Crippen LogP contribution in [0.1, 0.15) is 16.1 Å². The minimum atomic E-state index is -0.808. The van der Waals surface area contributed by atoms with Crippen LogP contribution in [-0.2, 0) is 11.3 Å². The summed E-state index contributed by atoms with van der Waals surface area (Å²) in [6, 6.07) is 15.4. The van der Waals surface area contributed by atoms with Crippen LogP contribution in [-0.4, -0.2) is 11.0 Å². The Morgan fingerprint density at radius 3 is 2.38 bits per heavy atom. The maximum Gasteiger partial charge on any atom is 0.358 e. The van der Waals surface area contributed by atoms with Gasteiger partial charge in [0.25, 0.3) is 0 Å². The Morgan fingerprint density at radius 1 is 1.08 bits per heavy atom. The monoisotopic (exact) mass is 390 g/mol. The summed E-state index contributed by atoms with van der Waals surface area (Å²) in [4.78, 5) is 16.4. The molecule has 0 amide bonds. The van der Waals surface area contributed by atoms with Crippen molar-refractivity contribution in [3.8, 4) is 11.3 Å². The van der Waals surface area contributed by atoms with Crippen LogP contribution in [0, 0.1) is 5.82 Å². The Hall–Kier alpha value is -2.63. The first-order valence-corrected chi connectivity index (χ1v) is 8.34. The van der Waals surface area contributed by atoms with Gasteiger partial charge in [0.15, 0.2) is 11.5 Å². The second-order valence-electron chi connectivity index (χ2n) is 5.42. The van der Waals surface area contributed by atoms with Crippen molar-refractivity contribution < 1.29 is 13.9 Å². The summed E-state index contributed by atoms with van der Waals surface area (Å²) in [5.74, 6) is -1.60. The molecule has 7 heteroatoms. The molecular weight excluding hydrogens is 378 g/mol. The summed E-state index contributed by atoms with van der Waals surface area (Å²) in [5, 5.41) is 0.205. The molecule has 0 spiro atoms. The number of nitrogens with zero attached hydrogens (tertiary/aromatic N) is 1. The van der Waals surface area contributed by atoms with Gasteiger partial charge in [-0.1, -0.05) is 65.7 Å². The van der Waals surface area contributed by atoms with Gasteiger partial charge in [-0.05, 0) is 17.7 Å². The average molecular weight is 391 g/mol. The van der Waals surface area contributed by atoms with Crippen molar-refractivity contribution in [2.24, 2.45) is 0 Å². The number of halogens is 3. The summed E-state index contributed by atoms with van der Waals surface area (Å²) in [6.45, 7) is 0.0330. The number of esters is 1. The minimum absolute atomic E-state index is 0.0330. The van der Waals surface area contributed by atoms with Gasteiger partial charge in [0, 0.05) is 10.6 Å². The molecule has 132 valence electrons. The fraction of sp³-hybridized carbons (Fsp3) is 0.0526. The first-order chi connectivity index (χ1) is 12.5. The van der Waals surface area contributed by atoms with Crippen LogP contribution in [0.15, 0.2) is 54.6 Å². The van der Waals surface area contributed by atoms with Crippen LogP contribution in [0.3, 0.4) is 0 Å². The van der Waals surface area contributed by atoms with Crippen LogP contribution in [0.2, 0.25) is 10.0 Å². The number of nitrogens with two attached hydrogens (primary N) is 1. The van der Waals surface area contributed by atoms with Crippen LogP contribution in [0.25, 0.3) is 11.3 Å². The Bertz CT molecular complexity index is 948. The first-order valence-electron chi connectivity index (χ1n) is 7.59. The standard InChI is InChI=1S/C19H13Cl2FN2O2/c20-13-8-6-12(7-9-13)17-15(22)16(23)14(21)18(24-17)19(25)26-10-11-4-2-1-3-5-11/h1-9H,10H2,(H2,23,24). The summed E-state index contributed by atoms with van der Waals surface area (Å²) in [6.07, 6.45) is 0. The number of benzene rings is 2. The molecule has 0 saturated carbocycles. The molecular formula is C19H13Cl2FN2O2. The number of nitrogen functional groups attached to an aromatic ring is 1. The number of hydrogen-bond acceptors (Lipinski definition) is 4. The Labute approximate surface area is 159 Å². The van der Waals surface area contributed by atoms with Gasteiger partial charge in [-0.3, -0.25) is 0 Å². The van der Waals surface area contributed by atoms with Crippen molar-refractivity contribution in [3.63, 3.8) is 0 Å². The third-order valence-corrected chi connectivity index (χ3v) is 4.27. The Kier molecular flexibility index (Phi) is 5.40. The van der Waals surface area contributed by atoms with E-state index >= 15 is 0 Å². The molecule has 0 aliphatic rings. The number of carbonyl (C=O) groups is 1. The predicted octanol–water partition coefficient (Wildman–Crippen LogP) is 5.13. The molecule has 0 atom stereocenters. The third-order valence-electron chi connectivity index (χ3n) is 3.64. The molecule has 1 heterocycles. The van der Waals surface area contributed by atoms with E-state index in [0.29, 0.717) is 10.6 Å². The number of hydrogen-bond donors (Lipinski definition) is 1. The van der Waals surface area contributed by atoms with E-state index in [1.807, 2.05) is 18.2 Å². The molecule has 4 nitrogen and oxygen atoms in total. The SMILES string of the molecule is Nc1c(F)c(-c2ccc(Cl)cc2)nc(C(=O)OCc2ccccc2)c1Cl. The maximum atomic E-state index is 14.5. The lowest BCUT2D eigenvalue weighted by Gasteiger charge is -2.11. The molecule has 0 aliphatic carbocycles. The summed E-state index contributed by atoms with van der Waals surface area (Å²) < 4.78 is 19.7. The lowest BCUT2D eigenvalue weighted by Crippen LogP contribution is -2.12. The van der Waals surface area contributed by atoms with E-state index < -0.39 is 11.8 Å². The Balaban J connectivity index is 1.93. The second-order valence-corrected chi connectivity index (χ2v) is 6.23. The first kappa shape index (κ1) is 18.2. The molecule has 1 aromatic heterocycles. The van der Waals surface area contributed by atoms with Crippen molar-refractivity contribution in [2.45, 2.75) is 6.61 Å². The minimum Gasteiger partial charge on any atom is -0.456 e. The van der Waals surface area contributed by atoms with Crippen molar-refractivity contribution in [2.75, 3.05) is 5.73 Å². The topological polar surface area (TPSA) is 65.2 Å². The molecule has 0 radical (unpaired) electrons. The average Bonchev–Trinajstić information content (AvgIpc) is 2.66. The van der Waals surface area contributed by atoms with Crippen LogP contribution in [0.4, 0.5) is 10.1 Å². The van der Waals surface area contributed by atoms with Crippen molar-refractivity contribution >= 4 is 34.9 Å². The zero-order valence-corrected chi connectivity index (χ0v) is 14.9. The number of anilines is 1. The number of carbonyl (C=O) groups excluding carboxylic acids is 1. The van der Waals surface area contributed by atoms with E-state index in [0.717, 1.165) is 5.56 Å². The molecule has 0 saturated heterocycles. The van der Waals surface area contributed by atoms with E-state index in [2.05, 4.69) is 4.98 Å². The smallest absolute Gasteiger partial charge is 0.358 e. The van der Waals surface area contributed by atoms with Gasteiger partial charge in [0.2, 0.25) is 0 Å². The summed E-state index contributed by atoms with van der Waals surface area (Å²) in [7, 11) is 0. The molecule has 3 rings (SSSR count). The second kappa shape index (κ2) is 7.72. The van der Waals surface area contributed by atoms with Gasteiger partial charge in [-0.2, -0.15) is 0 Å². The molecule has 0 aliphatic heterocycles. The fourth-order valence-corrected chi connectivity index (χ4v) is 2.62. The van der Waals surface area contributed by atoms with Gasteiger partial charge in [0.1, 0.15) is 12.3 Å². The largest absolute Gasteiger partial charge is 0.456 e. The van der Waals surface area contributed by atoms with E-state index in [4.69, 9.17) is 33.7 Å². The summed E-state index contributed by atoms with van der Waals surface area (Å²) >= 11 is 11.9. The van der Waals surface area contributed by atoms with Gasteiger partial charge in [0.05, 0.1) is 10.7 Å². The molecule has 26 heavy (non-hydrogen) atoms. The third kappa shape index (κ3) is 3.79. The Morgan fingerprint density at radius 2 is 1.73 bits per heavy atom. The number of rotatable bonds is 4. The molecule has 0 unspecified atom stereocenters. The van der Waals surface area contributed by atoms with Crippen molar-refractivity contribution in [1.29, 1.82) is 0 Å². The molecule has 3 aromatic rings. The molecule has 2 N–H and O–H groups in total. The van der Waals surface area contributed by atoms with E-state index in [1.165, 1.54) is 0 Å². The highest BCUT2D eigenvalue weighted by atomic mass is 35.5. The van der Waals surface area contributed by atoms with Gasteiger partial charge >= 0.3 is 5.97 Å². The predicted molar refractivity (Wildman–Crippen MR) is 99.6 cm³/mol. The van der Waals surface area contributed by atoms with Gasteiger partial charge < -0.3 is 10.5 Å². The summed E-state index contributed by atoms with van der Waals surface area (Å²) in [5.41, 5.74) is 6.21. The van der Waals surface area contributed by atoms with Gasteiger partial charge in [-0.25, -0.2) is 14.2 Å².